The van der Waals surface area contributed by atoms with Crippen molar-refractivity contribution in [3.63, 3.8) is 0 Å². The molecule has 4 nitrogen and oxygen atoms in total. The van der Waals surface area contributed by atoms with Gasteiger partial charge in [0.2, 0.25) is 0 Å². The Morgan fingerprint density at radius 3 is 2.48 bits per heavy atom. The molecule has 0 fully saturated rings. The molecular weight excluding hydrogens is 309 g/mol. The minimum Gasteiger partial charge on any atom is -0.258 e. The minimum atomic E-state index is -4.48. The third-order valence-electron chi connectivity index (χ3n) is 3.01. The van der Waals surface area contributed by atoms with Crippen molar-refractivity contribution in [2.45, 2.75) is 6.18 Å². The number of non-ortho nitro benzene ring substituents is 1. The van der Waals surface area contributed by atoms with E-state index < -0.39 is 16.7 Å². The van der Waals surface area contributed by atoms with Gasteiger partial charge in [-0.2, -0.15) is 18.4 Å². The number of nitro benzene ring substituents is 1. The molecule has 2 aromatic rings. The monoisotopic (exact) mass is 318 g/mol. The van der Waals surface area contributed by atoms with Gasteiger partial charge in [-0.25, -0.2) is 0 Å². The number of allylic oxidation sites excluding steroid dienone is 1. The summed E-state index contributed by atoms with van der Waals surface area (Å²) < 4.78 is 38.1. The molecule has 0 aliphatic carbocycles. The first-order valence-corrected chi connectivity index (χ1v) is 6.35. The normalized spacial score (nSPS) is 11.8. The molecule has 0 aromatic heterocycles. The average molecular weight is 318 g/mol. The van der Waals surface area contributed by atoms with E-state index >= 15 is 0 Å². The molecule has 2 aromatic carbocycles. The quantitative estimate of drug-likeness (QED) is 0.357. The van der Waals surface area contributed by atoms with Crippen molar-refractivity contribution in [1.29, 1.82) is 5.26 Å². The number of benzene rings is 2. The van der Waals surface area contributed by atoms with Gasteiger partial charge < -0.3 is 0 Å². The fourth-order valence-electron chi connectivity index (χ4n) is 1.94. The second kappa shape index (κ2) is 6.32. The maximum atomic E-state index is 12.7. The Morgan fingerprint density at radius 1 is 1.17 bits per heavy atom. The van der Waals surface area contributed by atoms with Gasteiger partial charge in [-0.3, -0.25) is 10.1 Å². The maximum absolute atomic E-state index is 12.7. The molecule has 23 heavy (non-hydrogen) atoms. The van der Waals surface area contributed by atoms with Crippen LogP contribution in [0.4, 0.5) is 18.9 Å². The molecule has 0 radical (unpaired) electrons. The first-order chi connectivity index (χ1) is 10.8. The molecule has 0 aliphatic heterocycles. The van der Waals surface area contributed by atoms with Gasteiger partial charge in [0, 0.05) is 12.1 Å². The molecule has 0 saturated heterocycles. The molecule has 0 unspecified atom stereocenters. The molecule has 0 amide bonds. The summed E-state index contributed by atoms with van der Waals surface area (Å²) in [7, 11) is 0. The summed E-state index contributed by atoms with van der Waals surface area (Å²) in [6, 6.07) is 11.7. The Bertz CT molecular complexity index is 821. The van der Waals surface area contributed by atoms with E-state index in [9.17, 15) is 28.5 Å². The second-order valence-electron chi connectivity index (χ2n) is 4.60. The molecule has 0 aliphatic rings. The SMILES string of the molecule is N#C/C(=C/c1cccc(C(F)(F)F)c1)c1cccc([N+](=O)[O-])c1. The van der Waals surface area contributed by atoms with Crippen molar-refractivity contribution in [3.05, 3.63) is 75.3 Å². The summed E-state index contributed by atoms with van der Waals surface area (Å²) in [5.74, 6) is 0. The van der Waals surface area contributed by atoms with E-state index in [1.165, 1.54) is 42.5 Å². The Morgan fingerprint density at radius 2 is 1.87 bits per heavy atom. The molecule has 0 saturated carbocycles. The average Bonchev–Trinajstić information content (AvgIpc) is 2.52. The zero-order valence-electron chi connectivity index (χ0n) is 11.5. The standard InChI is InChI=1S/C16H9F3N2O2/c17-16(18,19)14-5-1-3-11(8-14)7-13(10-20)12-4-2-6-15(9-12)21(22)23/h1-9H/b13-7-. The van der Waals surface area contributed by atoms with Gasteiger partial charge in [0.1, 0.15) is 0 Å². The predicted molar refractivity (Wildman–Crippen MR) is 78.0 cm³/mol. The summed E-state index contributed by atoms with van der Waals surface area (Å²) in [5, 5.41) is 19.9. The van der Waals surface area contributed by atoms with Crippen molar-refractivity contribution in [2.24, 2.45) is 0 Å². The lowest BCUT2D eigenvalue weighted by atomic mass is 10.0. The van der Waals surface area contributed by atoms with E-state index in [0.717, 1.165) is 12.1 Å². The van der Waals surface area contributed by atoms with Gasteiger partial charge in [-0.1, -0.05) is 24.3 Å². The largest absolute Gasteiger partial charge is 0.416 e. The van der Waals surface area contributed by atoms with Gasteiger partial charge in [0.25, 0.3) is 5.69 Å². The Kier molecular flexibility index (Phi) is 4.46. The fourth-order valence-corrected chi connectivity index (χ4v) is 1.94. The van der Waals surface area contributed by atoms with Gasteiger partial charge in [0.15, 0.2) is 0 Å². The van der Waals surface area contributed by atoms with Gasteiger partial charge in [0.05, 0.1) is 22.1 Å². The Hall–Kier alpha value is -3.14. The molecule has 0 heterocycles. The number of hydrogen-bond donors (Lipinski definition) is 0. The highest BCUT2D eigenvalue weighted by Crippen LogP contribution is 2.30. The highest BCUT2D eigenvalue weighted by Gasteiger charge is 2.30. The maximum Gasteiger partial charge on any atom is 0.416 e. The van der Waals surface area contributed by atoms with Gasteiger partial charge in [-0.15, -0.1) is 0 Å². The van der Waals surface area contributed by atoms with Gasteiger partial charge in [-0.05, 0) is 29.3 Å². The summed E-state index contributed by atoms with van der Waals surface area (Å²) in [5.41, 5.74) is -0.551. The van der Waals surface area contributed by atoms with Crippen LogP contribution in [0.2, 0.25) is 0 Å². The zero-order chi connectivity index (χ0) is 17.0. The van der Waals surface area contributed by atoms with E-state index in [2.05, 4.69) is 0 Å². The minimum absolute atomic E-state index is 0.0352. The lowest BCUT2D eigenvalue weighted by molar-refractivity contribution is -0.384. The van der Waals surface area contributed by atoms with E-state index in [-0.39, 0.29) is 22.4 Å². The molecule has 0 N–H and O–H groups in total. The zero-order valence-corrected chi connectivity index (χ0v) is 11.5. The van der Waals surface area contributed by atoms with E-state index in [0.29, 0.717) is 0 Å². The molecule has 116 valence electrons. The third-order valence-corrected chi connectivity index (χ3v) is 3.01. The number of nitriles is 1. The van der Waals surface area contributed by atoms with Crippen LogP contribution in [0.3, 0.4) is 0 Å². The topological polar surface area (TPSA) is 66.9 Å². The number of nitro groups is 1. The highest BCUT2D eigenvalue weighted by atomic mass is 19.4. The lowest BCUT2D eigenvalue weighted by Crippen LogP contribution is -2.04. The van der Waals surface area contributed by atoms with E-state index in [4.69, 9.17) is 0 Å². The molecule has 0 spiro atoms. The van der Waals surface area contributed by atoms with Crippen LogP contribution in [0.15, 0.2) is 48.5 Å². The van der Waals surface area contributed by atoms with E-state index in [1.807, 2.05) is 6.07 Å². The highest BCUT2D eigenvalue weighted by molar-refractivity contribution is 5.90. The summed E-state index contributed by atoms with van der Waals surface area (Å²) in [4.78, 5) is 10.1. The molecule has 0 bridgehead atoms. The van der Waals surface area contributed by atoms with Crippen LogP contribution >= 0.6 is 0 Å². The summed E-state index contributed by atoms with van der Waals surface area (Å²) in [6.07, 6.45) is -3.23. The number of hydrogen-bond acceptors (Lipinski definition) is 3. The second-order valence-corrected chi connectivity index (χ2v) is 4.60. The Labute approximate surface area is 129 Å². The number of rotatable bonds is 3. The predicted octanol–water partition coefficient (Wildman–Crippen LogP) is 4.68. The van der Waals surface area contributed by atoms with Crippen LogP contribution in [-0.2, 0) is 6.18 Å². The Balaban J connectivity index is 2.46. The smallest absolute Gasteiger partial charge is 0.258 e. The first kappa shape index (κ1) is 16.2. The van der Waals surface area contributed by atoms with Crippen molar-refractivity contribution in [2.75, 3.05) is 0 Å². The van der Waals surface area contributed by atoms with Gasteiger partial charge >= 0.3 is 6.18 Å². The molecular formula is C16H9F3N2O2. The van der Waals surface area contributed by atoms with Crippen molar-refractivity contribution in [3.8, 4) is 6.07 Å². The van der Waals surface area contributed by atoms with Crippen molar-refractivity contribution < 1.29 is 18.1 Å². The molecule has 7 heteroatoms. The number of halogens is 3. The van der Waals surface area contributed by atoms with E-state index in [1.54, 1.807) is 0 Å². The van der Waals surface area contributed by atoms with Crippen LogP contribution in [0, 0.1) is 21.4 Å². The van der Waals surface area contributed by atoms with Crippen LogP contribution in [0.1, 0.15) is 16.7 Å². The number of nitrogens with zero attached hydrogens (tertiary/aromatic N) is 2. The van der Waals surface area contributed by atoms with Crippen LogP contribution in [0.25, 0.3) is 11.6 Å². The van der Waals surface area contributed by atoms with Crippen molar-refractivity contribution in [1.82, 2.24) is 0 Å². The third kappa shape index (κ3) is 3.95. The lowest BCUT2D eigenvalue weighted by Gasteiger charge is -2.07. The van der Waals surface area contributed by atoms with Crippen molar-refractivity contribution >= 4 is 17.3 Å². The summed E-state index contributed by atoms with van der Waals surface area (Å²) in [6.45, 7) is 0. The fraction of sp³-hybridized carbons (Fsp3) is 0.0625. The summed E-state index contributed by atoms with van der Waals surface area (Å²) >= 11 is 0. The molecule has 0 atom stereocenters. The first-order valence-electron chi connectivity index (χ1n) is 6.35. The van der Waals surface area contributed by atoms with Crippen LogP contribution in [-0.4, -0.2) is 4.92 Å². The number of alkyl halides is 3. The molecule has 2 rings (SSSR count). The van der Waals surface area contributed by atoms with Crippen LogP contribution < -0.4 is 0 Å². The van der Waals surface area contributed by atoms with Crippen LogP contribution in [0.5, 0.6) is 0 Å².